The van der Waals surface area contributed by atoms with Gasteiger partial charge < -0.3 is 4.98 Å². The third-order valence-electron chi connectivity index (χ3n) is 5.53. The molecule has 30 heavy (non-hydrogen) atoms. The number of hydrogen-bond acceptors (Lipinski definition) is 5. The van der Waals surface area contributed by atoms with Crippen LogP contribution in [0.5, 0.6) is 0 Å². The quantitative estimate of drug-likeness (QED) is 0.443. The second-order valence-corrected chi connectivity index (χ2v) is 7.30. The molecule has 0 aliphatic carbocycles. The number of nitrogens with zero attached hydrogens (tertiary/aromatic N) is 5. The molecule has 7 nitrogen and oxygen atoms in total. The number of aromatic amines is 2. The maximum atomic E-state index is 4.94. The number of para-hydroxylation sites is 1. The van der Waals surface area contributed by atoms with Crippen molar-refractivity contribution in [3.63, 3.8) is 0 Å². The highest BCUT2D eigenvalue weighted by molar-refractivity contribution is 5.93. The van der Waals surface area contributed by atoms with Crippen LogP contribution in [-0.4, -0.2) is 48.1 Å². The van der Waals surface area contributed by atoms with Gasteiger partial charge in [-0.25, -0.2) is 9.97 Å². The molecule has 5 aromatic rings. The lowest BCUT2D eigenvalue weighted by atomic mass is 10.1. The van der Waals surface area contributed by atoms with Crippen LogP contribution >= 0.6 is 0 Å². The van der Waals surface area contributed by atoms with Gasteiger partial charge in [0.1, 0.15) is 5.69 Å². The minimum Gasteiger partial charge on any atom is -0.337 e. The van der Waals surface area contributed by atoms with Crippen LogP contribution in [0.3, 0.4) is 0 Å². The lowest BCUT2D eigenvalue weighted by Crippen LogP contribution is -2.22. The Balaban J connectivity index is 1.60. The lowest BCUT2D eigenvalue weighted by molar-refractivity contribution is 0.297. The van der Waals surface area contributed by atoms with Crippen molar-refractivity contribution in [2.24, 2.45) is 0 Å². The zero-order chi connectivity index (χ0) is 20.5. The summed E-state index contributed by atoms with van der Waals surface area (Å²) in [4.78, 5) is 19.5. The molecule has 0 radical (unpaired) electrons. The first kappa shape index (κ1) is 18.4. The van der Waals surface area contributed by atoms with E-state index in [1.807, 2.05) is 24.5 Å². The molecule has 0 aliphatic rings. The summed E-state index contributed by atoms with van der Waals surface area (Å²) in [6, 6.07) is 12.3. The smallest absolute Gasteiger partial charge is 0.181 e. The maximum absolute atomic E-state index is 4.94. The van der Waals surface area contributed by atoms with E-state index in [4.69, 9.17) is 4.98 Å². The van der Waals surface area contributed by atoms with Gasteiger partial charge in [-0.3, -0.25) is 15.0 Å². The lowest BCUT2D eigenvalue weighted by Gasteiger charge is -2.17. The van der Waals surface area contributed by atoms with Crippen molar-refractivity contribution >= 4 is 22.1 Å². The van der Waals surface area contributed by atoms with E-state index in [-0.39, 0.29) is 0 Å². The first-order valence-electron chi connectivity index (χ1n) is 10.2. The summed E-state index contributed by atoms with van der Waals surface area (Å²) in [5, 5.41) is 8.43. The fraction of sp³-hybridized carbons (Fsp3) is 0.217. The fourth-order valence-electron chi connectivity index (χ4n) is 3.80. The summed E-state index contributed by atoms with van der Waals surface area (Å²) in [6.07, 6.45) is 5.43. The Bertz CT molecular complexity index is 1300. The van der Waals surface area contributed by atoms with Gasteiger partial charge in [0.05, 0.1) is 16.4 Å². The van der Waals surface area contributed by atoms with Crippen LogP contribution in [-0.2, 0) is 6.54 Å². The van der Waals surface area contributed by atoms with E-state index in [9.17, 15) is 0 Å². The van der Waals surface area contributed by atoms with Crippen molar-refractivity contribution in [1.82, 2.24) is 35.0 Å². The SMILES string of the molecule is CCN(CC)Cc1cccc2[nH]c(-c3[nH]nc4ncc(-c5cccnc5)cc34)nc12. The van der Waals surface area contributed by atoms with Crippen LogP contribution in [0.2, 0.25) is 0 Å². The second-order valence-electron chi connectivity index (χ2n) is 7.30. The molecule has 0 spiro atoms. The van der Waals surface area contributed by atoms with Crippen molar-refractivity contribution < 1.29 is 0 Å². The van der Waals surface area contributed by atoms with Crippen LogP contribution in [0.15, 0.2) is 55.0 Å². The van der Waals surface area contributed by atoms with Gasteiger partial charge in [0, 0.05) is 36.3 Å². The van der Waals surface area contributed by atoms with Gasteiger partial charge in [0.25, 0.3) is 0 Å². The minimum absolute atomic E-state index is 0.668. The predicted molar refractivity (Wildman–Crippen MR) is 119 cm³/mol. The van der Waals surface area contributed by atoms with Gasteiger partial charge in [-0.2, -0.15) is 5.10 Å². The molecule has 7 heteroatoms. The molecular formula is C23H23N7. The molecule has 0 saturated carbocycles. The van der Waals surface area contributed by atoms with E-state index in [1.165, 1.54) is 5.56 Å². The molecule has 1 aromatic carbocycles. The number of aromatic nitrogens is 6. The van der Waals surface area contributed by atoms with Gasteiger partial charge in [-0.05, 0) is 36.9 Å². The first-order chi connectivity index (χ1) is 14.8. The summed E-state index contributed by atoms with van der Waals surface area (Å²) in [7, 11) is 0. The zero-order valence-electron chi connectivity index (χ0n) is 17.1. The van der Waals surface area contributed by atoms with Crippen molar-refractivity contribution in [3.05, 3.63) is 60.6 Å². The number of imidazole rings is 1. The van der Waals surface area contributed by atoms with Crippen molar-refractivity contribution in [2.45, 2.75) is 20.4 Å². The van der Waals surface area contributed by atoms with E-state index in [1.54, 1.807) is 6.20 Å². The number of rotatable bonds is 6. The normalized spacial score (nSPS) is 11.7. The van der Waals surface area contributed by atoms with Gasteiger partial charge in [0.15, 0.2) is 11.5 Å². The second kappa shape index (κ2) is 7.68. The minimum atomic E-state index is 0.668. The average Bonchev–Trinajstić information content (AvgIpc) is 3.41. The number of pyridine rings is 2. The van der Waals surface area contributed by atoms with Gasteiger partial charge in [-0.15, -0.1) is 0 Å². The summed E-state index contributed by atoms with van der Waals surface area (Å²) in [5.74, 6) is 0.768. The van der Waals surface area contributed by atoms with Crippen molar-refractivity contribution in [2.75, 3.05) is 13.1 Å². The zero-order valence-corrected chi connectivity index (χ0v) is 17.1. The van der Waals surface area contributed by atoms with Crippen molar-refractivity contribution in [1.29, 1.82) is 0 Å². The molecule has 0 aliphatic heterocycles. The Kier molecular flexibility index (Phi) is 4.72. The van der Waals surface area contributed by atoms with Crippen molar-refractivity contribution in [3.8, 4) is 22.6 Å². The molecule has 0 unspecified atom stereocenters. The number of benzene rings is 1. The molecule has 0 fully saturated rings. The summed E-state index contributed by atoms with van der Waals surface area (Å²) in [6.45, 7) is 7.27. The van der Waals surface area contributed by atoms with Gasteiger partial charge in [-0.1, -0.05) is 32.0 Å². The average molecular weight is 397 g/mol. The standard InChI is InChI=1S/C23H23N7/c1-3-30(4-2)14-16-7-5-9-19-20(16)27-23(26-19)21-18-11-17(13-25-22(18)29-28-21)15-8-6-10-24-12-15/h5-13H,3-4,14H2,1-2H3,(H,26,27)(H,25,28,29). The Labute approximate surface area is 174 Å². The molecule has 0 atom stereocenters. The van der Waals surface area contributed by atoms with Gasteiger partial charge in [0.2, 0.25) is 0 Å². The van der Waals surface area contributed by atoms with E-state index in [0.717, 1.165) is 58.7 Å². The Morgan fingerprint density at radius 2 is 1.90 bits per heavy atom. The maximum Gasteiger partial charge on any atom is 0.181 e. The van der Waals surface area contributed by atoms with E-state index >= 15 is 0 Å². The third kappa shape index (κ3) is 3.23. The van der Waals surface area contributed by atoms with E-state index in [0.29, 0.717) is 5.65 Å². The molecular weight excluding hydrogens is 374 g/mol. The van der Waals surface area contributed by atoms with Crippen LogP contribution in [0.1, 0.15) is 19.4 Å². The first-order valence-corrected chi connectivity index (χ1v) is 10.2. The molecule has 4 heterocycles. The largest absolute Gasteiger partial charge is 0.337 e. The van der Waals surface area contributed by atoms with Crippen LogP contribution < -0.4 is 0 Å². The van der Waals surface area contributed by atoms with Crippen LogP contribution in [0, 0.1) is 0 Å². The summed E-state index contributed by atoms with van der Waals surface area (Å²) >= 11 is 0. The fourth-order valence-corrected chi connectivity index (χ4v) is 3.80. The predicted octanol–water partition coefficient (Wildman–Crippen LogP) is 4.41. The molecule has 150 valence electrons. The Morgan fingerprint density at radius 3 is 2.70 bits per heavy atom. The molecule has 4 aromatic heterocycles. The van der Waals surface area contributed by atoms with Crippen LogP contribution in [0.25, 0.3) is 44.7 Å². The number of hydrogen-bond donors (Lipinski definition) is 2. The topological polar surface area (TPSA) is 86.4 Å². The van der Waals surface area contributed by atoms with Crippen LogP contribution in [0.4, 0.5) is 0 Å². The highest BCUT2D eigenvalue weighted by Gasteiger charge is 2.16. The summed E-state index contributed by atoms with van der Waals surface area (Å²) in [5.41, 5.74) is 6.76. The molecule has 0 amide bonds. The number of H-pyrrole nitrogens is 2. The number of fused-ring (bicyclic) bond motifs is 2. The molecule has 5 rings (SSSR count). The highest BCUT2D eigenvalue weighted by Crippen LogP contribution is 2.29. The monoisotopic (exact) mass is 397 g/mol. The van der Waals surface area contributed by atoms with Gasteiger partial charge >= 0.3 is 0 Å². The van der Waals surface area contributed by atoms with E-state index in [2.05, 4.69) is 68.2 Å². The van der Waals surface area contributed by atoms with E-state index < -0.39 is 0 Å². The molecule has 2 N–H and O–H groups in total. The highest BCUT2D eigenvalue weighted by atomic mass is 15.2. The molecule has 0 bridgehead atoms. The Hall–Kier alpha value is -3.58. The third-order valence-corrected chi connectivity index (χ3v) is 5.53. The summed E-state index contributed by atoms with van der Waals surface area (Å²) < 4.78 is 0. The Morgan fingerprint density at radius 1 is 1.00 bits per heavy atom. The molecule has 0 saturated heterocycles. The number of nitrogens with one attached hydrogen (secondary N) is 2.